The van der Waals surface area contributed by atoms with Crippen molar-refractivity contribution in [1.82, 2.24) is 0 Å². The molecule has 0 spiro atoms. The molecule has 1 atom stereocenters. The maximum Gasteiger partial charge on any atom is 0.159 e. The van der Waals surface area contributed by atoms with Crippen LogP contribution in [-0.2, 0) is 9.59 Å². The van der Waals surface area contributed by atoms with E-state index >= 15 is 0 Å². The molecule has 0 bridgehead atoms. The topological polar surface area (TPSA) is 34.1 Å². The first kappa shape index (κ1) is 12.9. The molecule has 0 radical (unpaired) electrons. The molecule has 0 aromatic heterocycles. The van der Waals surface area contributed by atoms with Crippen molar-refractivity contribution in [3.63, 3.8) is 0 Å². The van der Waals surface area contributed by atoms with Gasteiger partial charge in [0.05, 0.1) is 0 Å². The number of hydrogen-bond donors (Lipinski definition) is 0. The molecule has 0 aliphatic heterocycles. The van der Waals surface area contributed by atoms with E-state index in [2.05, 4.69) is 20.4 Å². The molecule has 16 heavy (non-hydrogen) atoms. The van der Waals surface area contributed by atoms with E-state index in [1.807, 2.05) is 6.92 Å². The van der Waals surface area contributed by atoms with Crippen molar-refractivity contribution in [2.75, 3.05) is 0 Å². The lowest BCUT2D eigenvalue weighted by Gasteiger charge is -2.36. The summed E-state index contributed by atoms with van der Waals surface area (Å²) in [6.45, 7) is 9.64. The third-order valence-electron chi connectivity index (χ3n) is 3.32. The van der Waals surface area contributed by atoms with Crippen molar-refractivity contribution in [3.05, 3.63) is 24.3 Å². The van der Waals surface area contributed by atoms with Crippen LogP contribution in [0.15, 0.2) is 24.3 Å². The summed E-state index contributed by atoms with van der Waals surface area (Å²) in [6.07, 6.45) is 5.07. The van der Waals surface area contributed by atoms with Gasteiger partial charge >= 0.3 is 0 Å². The molecule has 0 saturated carbocycles. The van der Waals surface area contributed by atoms with E-state index < -0.39 is 0 Å². The van der Waals surface area contributed by atoms with Gasteiger partial charge in [-0.15, -0.1) is 0 Å². The molecule has 1 aliphatic carbocycles. The second kappa shape index (κ2) is 4.77. The summed E-state index contributed by atoms with van der Waals surface area (Å²) in [5.41, 5.74) is 1.11. The second-order valence-corrected chi connectivity index (χ2v) is 5.32. The largest absolute Gasteiger partial charge is 0.295 e. The quantitative estimate of drug-likeness (QED) is 0.682. The van der Waals surface area contributed by atoms with Crippen molar-refractivity contribution < 1.29 is 9.59 Å². The summed E-state index contributed by atoms with van der Waals surface area (Å²) < 4.78 is 0. The lowest BCUT2D eigenvalue weighted by atomic mass is 9.67. The SMILES string of the molecule is C=CC(=O)CCC1C(=O)C=C(C)CC1(C)C. The number of rotatable bonds is 4. The summed E-state index contributed by atoms with van der Waals surface area (Å²) in [6, 6.07) is 0. The normalized spacial score (nSPS) is 23.8. The average molecular weight is 220 g/mol. The number of hydrogen-bond acceptors (Lipinski definition) is 2. The van der Waals surface area contributed by atoms with Gasteiger partial charge in [0.1, 0.15) is 0 Å². The minimum atomic E-state index is -0.0304. The van der Waals surface area contributed by atoms with Crippen molar-refractivity contribution in [2.45, 2.75) is 40.0 Å². The van der Waals surface area contributed by atoms with Gasteiger partial charge in [0, 0.05) is 12.3 Å². The van der Waals surface area contributed by atoms with Crippen molar-refractivity contribution in [1.29, 1.82) is 0 Å². The highest BCUT2D eigenvalue weighted by Gasteiger charge is 2.37. The van der Waals surface area contributed by atoms with E-state index in [1.165, 1.54) is 6.08 Å². The Hall–Kier alpha value is -1.18. The van der Waals surface area contributed by atoms with E-state index in [4.69, 9.17) is 0 Å². The Morgan fingerprint density at radius 1 is 1.62 bits per heavy atom. The third-order valence-corrected chi connectivity index (χ3v) is 3.32. The Balaban J connectivity index is 2.74. The van der Waals surface area contributed by atoms with Gasteiger partial charge in [-0.1, -0.05) is 26.0 Å². The molecule has 2 nitrogen and oxygen atoms in total. The van der Waals surface area contributed by atoms with Crippen molar-refractivity contribution in [3.8, 4) is 0 Å². The summed E-state index contributed by atoms with van der Waals surface area (Å²) in [5.74, 6) is 0.167. The first-order chi connectivity index (χ1) is 7.36. The first-order valence-corrected chi connectivity index (χ1v) is 5.73. The molecule has 0 fully saturated rings. The van der Waals surface area contributed by atoms with Gasteiger partial charge in [-0.3, -0.25) is 9.59 Å². The summed E-state index contributed by atoms with van der Waals surface area (Å²) in [4.78, 5) is 23.1. The van der Waals surface area contributed by atoms with Crippen LogP contribution in [0.25, 0.3) is 0 Å². The molecular formula is C14H20O2. The van der Waals surface area contributed by atoms with Crippen LogP contribution in [0.2, 0.25) is 0 Å². The van der Waals surface area contributed by atoms with Gasteiger partial charge < -0.3 is 0 Å². The number of carbonyl (C=O) groups excluding carboxylic acids is 2. The van der Waals surface area contributed by atoms with E-state index in [-0.39, 0.29) is 22.9 Å². The molecule has 0 aromatic rings. The molecule has 1 unspecified atom stereocenters. The Morgan fingerprint density at radius 2 is 2.25 bits per heavy atom. The standard InChI is InChI=1S/C14H20O2/c1-5-11(15)6-7-12-13(16)8-10(2)9-14(12,3)4/h5,8,12H,1,6-7,9H2,2-4H3. The molecule has 0 saturated heterocycles. The fraction of sp³-hybridized carbons (Fsp3) is 0.571. The Bertz CT molecular complexity index is 348. The minimum Gasteiger partial charge on any atom is -0.295 e. The molecule has 1 aliphatic rings. The Labute approximate surface area is 97.4 Å². The van der Waals surface area contributed by atoms with Crippen LogP contribution < -0.4 is 0 Å². The summed E-state index contributed by atoms with van der Waals surface area (Å²) in [7, 11) is 0. The fourth-order valence-corrected chi connectivity index (χ4v) is 2.54. The van der Waals surface area contributed by atoms with Gasteiger partial charge in [-0.05, 0) is 37.3 Å². The molecular weight excluding hydrogens is 200 g/mol. The number of carbonyl (C=O) groups is 2. The van der Waals surface area contributed by atoms with Crippen LogP contribution in [0.3, 0.4) is 0 Å². The summed E-state index contributed by atoms with van der Waals surface area (Å²) in [5, 5.41) is 0. The molecule has 0 heterocycles. The van der Waals surface area contributed by atoms with E-state index in [9.17, 15) is 9.59 Å². The van der Waals surface area contributed by atoms with Gasteiger partial charge in [0.25, 0.3) is 0 Å². The zero-order chi connectivity index (χ0) is 12.3. The van der Waals surface area contributed by atoms with E-state index in [0.29, 0.717) is 12.8 Å². The monoisotopic (exact) mass is 220 g/mol. The molecule has 0 amide bonds. The highest BCUT2D eigenvalue weighted by atomic mass is 16.1. The van der Waals surface area contributed by atoms with Crippen LogP contribution in [0.4, 0.5) is 0 Å². The molecule has 0 aromatic carbocycles. The first-order valence-electron chi connectivity index (χ1n) is 5.73. The predicted octanol–water partition coefficient (Wildman–Crippen LogP) is 3.08. The summed E-state index contributed by atoms with van der Waals surface area (Å²) >= 11 is 0. The number of allylic oxidation sites excluding steroid dienone is 3. The molecule has 2 heteroatoms. The van der Waals surface area contributed by atoms with Crippen molar-refractivity contribution in [2.24, 2.45) is 11.3 Å². The van der Waals surface area contributed by atoms with E-state index in [1.54, 1.807) is 6.08 Å². The van der Waals surface area contributed by atoms with Crippen LogP contribution >= 0.6 is 0 Å². The second-order valence-electron chi connectivity index (χ2n) is 5.32. The smallest absolute Gasteiger partial charge is 0.159 e. The predicted molar refractivity (Wildman–Crippen MR) is 65.1 cm³/mol. The number of ketones is 2. The fourth-order valence-electron chi connectivity index (χ4n) is 2.54. The van der Waals surface area contributed by atoms with Crippen LogP contribution in [0.1, 0.15) is 40.0 Å². The van der Waals surface area contributed by atoms with Gasteiger partial charge in [-0.2, -0.15) is 0 Å². The van der Waals surface area contributed by atoms with Gasteiger partial charge in [0.15, 0.2) is 11.6 Å². The Morgan fingerprint density at radius 3 is 2.75 bits per heavy atom. The maximum atomic E-state index is 11.9. The highest BCUT2D eigenvalue weighted by Crippen LogP contribution is 2.40. The molecule has 0 N–H and O–H groups in total. The highest BCUT2D eigenvalue weighted by molar-refractivity contribution is 5.95. The van der Waals surface area contributed by atoms with Gasteiger partial charge in [-0.25, -0.2) is 0 Å². The van der Waals surface area contributed by atoms with Gasteiger partial charge in [0.2, 0.25) is 0 Å². The van der Waals surface area contributed by atoms with Crippen LogP contribution in [0.5, 0.6) is 0 Å². The zero-order valence-electron chi connectivity index (χ0n) is 10.4. The lowest BCUT2D eigenvalue weighted by molar-refractivity contribution is -0.123. The van der Waals surface area contributed by atoms with Crippen LogP contribution in [-0.4, -0.2) is 11.6 Å². The molecule has 88 valence electrons. The van der Waals surface area contributed by atoms with Crippen LogP contribution in [0, 0.1) is 11.3 Å². The lowest BCUT2D eigenvalue weighted by Crippen LogP contribution is -2.34. The third kappa shape index (κ3) is 2.91. The maximum absolute atomic E-state index is 11.9. The average Bonchev–Trinajstić information content (AvgIpc) is 2.14. The van der Waals surface area contributed by atoms with E-state index in [0.717, 1.165) is 12.0 Å². The molecule has 1 rings (SSSR count). The van der Waals surface area contributed by atoms with Crippen molar-refractivity contribution >= 4 is 11.6 Å². The Kier molecular flexibility index (Phi) is 3.84. The minimum absolute atomic E-state index is 0.0230. The zero-order valence-corrected chi connectivity index (χ0v) is 10.4.